The Bertz CT molecular complexity index is 771. The van der Waals surface area contributed by atoms with E-state index in [4.69, 9.17) is 25.8 Å². The molecule has 132 valence electrons. The lowest BCUT2D eigenvalue weighted by molar-refractivity contribution is 0.161. The maximum atomic E-state index is 12.1. The van der Waals surface area contributed by atoms with Crippen molar-refractivity contribution in [1.29, 1.82) is 0 Å². The van der Waals surface area contributed by atoms with Crippen LogP contribution in [0.5, 0.6) is 11.5 Å². The van der Waals surface area contributed by atoms with Crippen molar-refractivity contribution in [3.05, 3.63) is 53.1 Å². The lowest BCUT2D eigenvalue weighted by Gasteiger charge is -2.15. The first-order valence-electron chi connectivity index (χ1n) is 6.92. The fraction of sp³-hybridized carbons (Fsp3) is 0.133. The Labute approximate surface area is 149 Å². The van der Waals surface area contributed by atoms with Crippen LogP contribution in [0.4, 0.5) is 10.5 Å². The van der Waals surface area contributed by atoms with Crippen LogP contribution in [0, 0.1) is 0 Å². The highest BCUT2D eigenvalue weighted by molar-refractivity contribution is 7.32. The number of halogens is 1. The van der Waals surface area contributed by atoms with E-state index in [-0.39, 0.29) is 11.5 Å². The molecule has 0 aliphatic heterocycles. The first-order chi connectivity index (χ1) is 11.9. The molecular formula is C15H15ClN2O6P+. The third-order valence-electron chi connectivity index (χ3n) is 3.07. The summed E-state index contributed by atoms with van der Waals surface area (Å²) < 4.78 is 20.8. The highest BCUT2D eigenvalue weighted by Gasteiger charge is 2.27. The summed E-state index contributed by atoms with van der Waals surface area (Å²) >= 11 is 5.77. The first-order valence-corrected chi connectivity index (χ1v) is 8.42. The summed E-state index contributed by atoms with van der Waals surface area (Å²) in [5.41, 5.74) is 0.774. The summed E-state index contributed by atoms with van der Waals surface area (Å²) in [4.78, 5) is 21.1. The number of urea groups is 1. The van der Waals surface area contributed by atoms with Gasteiger partial charge in [0, 0.05) is 20.8 Å². The number of hydrogen-bond donors (Lipinski definition) is 4. The van der Waals surface area contributed by atoms with Gasteiger partial charge < -0.3 is 20.5 Å². The van der Waals surface area contributed by atoms with Crippen LogP contribution in [-0.4, -0.2) is 23.1 Å². The number of phenolic OH excluding ortho intramolecular Hbond substituents is 1. The minimum atomic E-state index is -2.99. The molecule has 0 saturated carbocycles. The van der Waals surface area contributed by atoms with Gasteiger partial charge in [0.25, 0.3) is 0 Å². The van der Waals surface area contributed by atoms with Crippen molar-refractivity contribution in [1.82, 2.24) is 5.32 Å². The zero-order chi connectivity index (χ0) is 18.4. The fourth-order valence-corrected chi connectivity index (χ4v) is 2.42. The van der Waals surface area contributed by atoms with Crippen LogP contribution in [0.3, 0.4) is 0 Å². The molecule has 2 amide bonds. The number of methoxy groups -OCH3 is 1. The van der Waals surface area contributed by atoms with Gasteiger partial charge in [0.1, 0.15) is 0 Å². The second-order valence-electron chi connectivity index (χ2n) is 4.76. The summed E-state index contributed by atoms with van der Waals surface area (Å²) in [6.07, 6.45) is -1.24. The molecule has 0 radical (unpaired) electrons. The highest BCUT2D eigenvalue weighted by atomic mass is 35.5. The van der Waals surface area contributed by atoms with Gasteiger partial charge in [-0.3, -0.25) is 0 Å². The monoisotopic (exact) mass is 385 g/mol. The Morgan fingerprint density at radius 3 is 2.52 bits per heavy atom. The Morgan fingerprint density at radius 2 is 1.92 bits per heavy atom. The highest BCUT2D eigenvalue weighted by Crippen LogP contribution is 2.33. The lowest BCUT2D eigenvalue weighted by Crippen LogP contribution is -2.33. The fourth-order valence-electron chi connectivity index (χ4n) is 1.94. The van der Waals surface area contributed by atoms with E-state index in [2.05, 4.69) is 10.6 Å². The minimum absolute atomic E-state index is 0.121. The van der Waals surface area contributed by atoms with E-state index in [9.17, 15) is 14.5 Å². The van der Waals surface area contributed by atoms with Crippen LogP contribution in [-0.2, 0) is 9.09 Å². The molecule has 0 heterocycles. The molecular weight excluding hydrogens is 371 g/mol. The average molecular weight is 386 g/mol. The van der Waals surface area contributed by atoms with Crippen molar-refractivity contribution in [2.45, 2.75) is 6.23 Å². The van der Waals surface area contributed by atoms with E-state index in [0.29, 0.717) is 16.3 Å². The number of benzene rings is 2. The Morgan fingerprint density at radius 1 is 1.24 bits per heavy atom. The number of hydrogen-bond acceptors (Lipinski definition) is 5. The van der Waals surface area contributed by atoms with Gasteiger partial charge in [0.2, 0.25) is 6.23 Å². The zero-order valence-corrected chi connectivity index (χ0v) is 14.6. The van der Waals surface area contributed by atoms with Crippen molar-refractivity contribution < 1.29 is 28.6 Å². The van der Waals surface area contributed by atoms with Crippen LogP contribution in [0.25, 0.3) is 0 Å². The smallest absolute Gasteiger partial charge is 0.504 e. The molecule has 0 aliphatic rings. The van der Waals surface area contributed by atoms with Crippen molar-refractivity contribution in [3.63, 3.8) is 0 Å². The number of phenols is 1. The van der Waals surface area contributed by atoms with E-state index >= 15 is 0 Å². The molecule has 2 aromatic carbocycles. The number of ether oxygens (including phenoxy) is 1. The molecule has 0 fully saturated rings. The van der Waals surface area contributed by atoms with E-state index in [0.717, 1.165) is 0 Å². The molecule has 0 saturated heterocycles. The van der Waals surface area contributed by atoms with Crippen molar-refractivity contribution >= 4 is 31.6 Å². The second-order valence-corrected chi connectivity index (χ2v) is 5.88. The number of nitrogens with one attached hydrogen (secondary N) is 2. The van der Waals surface area contributed by atoms with E-state index in [1.54, 1.807) is 24.3 Å². The quantitative estimate of drug-likeness (QED) is 0.446. The van der Waals surface area contributed by atoms with Gasteiger partial charge in [-0.1, -0.05) is 22.2 Å². The molecule has 0 bridgehead atoms. The molecule has 2 atom stereocenters. The van der Waals surface area contributed by atoms with Gasteiger partial charge in [-0.2, -0.15) is 0 Å². The van der Waals surface area contributed by atoms with Crippen LogP contribution in [0.15, 0.2) is 42.5 Å². The molecule has 0 aromatic heterocycles. The largest absolute Gasteiger partial charge is 0.697 e. The molecule has 2 aromatic rings. The summed E-state index contributed by atoms with van der Waals surface area (Å²) in [5.74, 6) is 0.00294. The number of amides is 2. The molecule has 0 aliphatic carbocycles. The molecule has 0 spiro atoms. The first kappa shape index (κ1) is 19.0. The topological polar surface area (TPSA) is 117 Å². The van der Waals surface area contributed by atoms with Crippen LogP contribution in [0.1, 0.15) is 11.8 Å². The lowest BCUT2D eigenvalue weighted by atomic mass is 10.2. The Balaban J connectivity index is 2.15. The van der Waals surface area contributed by atoms with Gasteiger partial charge in [-0.25, -0.2) is 4.79 Å². The van der Waals surface area contributed by atoms with Crippen molar-refractivity contribution in [2.24, 2.45) is 0 Å². The van der Waals surface area contributed by atoms with Gasteiger partial charge in [-0.05, 0) is 36.4 Å². The summed E-state index contributed by atoms with van der Waals surface area (Å²) in [7, 11) is -1.64. The van der Waals surface area contributed by atoms with Crippen molar-refractivity contribution in [3.8, 4) is 11.5 Å². The molecule has 2 rings (SSSR count). The van der Waals surface area contributed by atoms with Crippen LogP contribution < -0.4 is 15.4 Å². The number of rotatable bonds is 6. The third kappa shape index (κ3) is 5.58. The zero-order valence-electron chi connectivity index (χ0n) is 13.0. The normalized spacial score (nSPS) is 12.2. The number of carbonyl (C=O) groups is 1. The summed E-state index contributed by atoms with van der Waals surface area (Å²) in [6.45, 7) is 0. The third-order valence-corrected chi connectivity index (χ3v) is 3.71. The molecule has 8 nitrogen and oxygen atoms in total. The number of anilines is 1. The van der Waals surface area contributed by atoms with E-state index < -0.39 is 20.5 Å². The van der Waals surface area contributed by atoms with Crippen LogP contribution >= 0.6 is 19.9 Å². The standard InChI is InChI=1S/C15H14ClN2O6P/c1-23-13-8-9(2-7-12(13)19)14(24-25(21)22)18-15(20)17-11-5-3-10(16)4-6-11/h2-8,14H,1H3,(H3-,17,18,19,20,21,22)/p+1. The average Bonchev–Trinajstić information content (AvgIpc) is 2.56. The minimum Gasteiger partial charge on any atom is -0.504 e. The van der Waals surface area contributed by atoms with Gasteiger partial charge in [0.15, 0.2) is 11.5 Å². The Hall–Kier alpha value is -2.38. The van der Waals surface area contributed by atoms with E-state index in [1.165, 1.54) is 25.3 Å². The Kier molecular flexibility index (Phi) is 6.55. The number of aromatic hydroxyl groups is 1. The molecule has 25 heavy (non-hydrogen) atoms. The second kappa shape index (κ2) is 8.64. The van der Waals surface area contributed by atoms with Gasteiger partial charge >= 0.3 is 14.3 Å². The SMILES string of the molecule is COc1cc(C(NC(=O)Nc2ccc(Cl)cc2)O[P+](=O)O)ccc1O. The summed E-state index contributed by atoms with van der Waals surface area (Å²) in [6, 6.07) is 9.82. The molecule has 2 unspecified atom stereocenters. The predicted molar refractivity (Wildman–Crippen MR) is 91.9 cm³/mol. The van der Waals surface area contributed by atoms with Gasteiger partial charge in [-0.15, -0.1) is 4.89 Å². The molecule has 10 heteroatoms. The maximum absolute atomic E-state index is 12.1. The van der Waals surface area contributed by atoms with Crippen LogP contribution in [0.2, 0.25) is 5.02 Å². The van der Waals surface area contributed by atoms with Crippen molar-refractivity contribution in [2.75, 3.05) is 12.4 Å². The number of carbonyl (C=O) groups excluding carboxylic acids is 1. The van der Waals surface area contributed by atoms with Gasteiger partial charge in [0.05, 0.1) is 7.11 Å². The maximum Gasteiger partial charge on any atom is 0.697 e. The van der Waals surface area contributed by atoms with E-state index in [1.807, 2.05) is 0 Å². The predicted octanol–water partition coefficient (Wildman–Crippen LogP) is 3.54. The molecule has 4 N–H and O–H groups in total. The summed E-state index contributed by atoms with van der Waals surface area (Å²) in [5, 5.41) is 15.1.